The second-order valence-electron chi connectivity index (χ2n) is 2.33. The number of hydrogen-bond acceptors (Lipinski definition) is 1. The van der Waals surface area contributed by atoms with Gasteiger partial charge in [0.15, 0.2) is 0 Å². The van der Waals surface area contributed by atoms with E-state index in [0.29, 0.717) is 0 Å². The van der Waals surface area contributed by atoms with Crippen molar-refractivity contribution in [2.75, 3.05) is 6.61 Å². The number of rotatable bonds is 2. The van der Waals surface area contributed by atoms with Gasteiger partial charge in [-0.25, -0.2) is 0 Å². The van der Waals surface area contributed by atoms with Crippen LogP contribution in [-0.2, 0) is 4.74 Å². The second kappa shape index (κ2) is 2.72. The molecule has 0 aromatic rings. The fourth-order valence-electron chi connectivity index (χ4n) is 1.04. The summed E-state index contributed by atoms with van der Waals surface area (Å²) in [5.41, 5.74) is 0. The third-order valence-electron chi connectivity index (χ3n) is 1.50. The van der Waals surface area contributed by atoms with Crippen molar-refractivity contribution >= 4 is 11.6 Å². The smallest absolute Gasteiger partial charge is 0.145 e. The lowest BCUT2D eigenvalue weighted by Crippen LogP contribution is -2.17. The summed E-state index contributed by atoms with van der Waals surface area (Å²) in [6.07, 6.45) is 4.60. The zero-order valence-electron chi connectivity index (χ0n) is 5.40. The monoisotopic (exact) mass is 146 g/mol. The minimum atomic E-state index is -0.401. The highest BCUT2D eigenvalue weighted by atomic mass is 35.5. The maximum atomic E-state index is 5.98. The van der Waals surface area contributed by atoms with E-state index in [2.05, 4.69) is 6.58 Å². The van der Waals surface area contributed by atoms with Gasteiger partial charge in [-0.1, -0.05) is 17.7 Å². The molecule has 1 saturated heterocycles. The van der Waals surface area contributed by atoms with E-state index in [0.717, 1.165) is 25.9 Å². The molecule has 1 atom stereocenters. The van der Waals surface area contributed by atoms with Crippen LogP contribution in [0.1, 0.15) is 19.3 Å². The molecule has 0 aliphatic carbocycles. The molecule has 1 rings (SSSR count). The zero-order chi connectivity index (χ0) is 6.74. The van der Waals surface area contributed by atoms with Crippen molar-refractivity contribution in [3.63, 3.8) is 0 Å². The SMILES string of the molecule is C=CCC1(Cl)CCCO1. The molecule has 0 bridgehead atoms. The van der Waals surface area contributed by atoms with Crippen LogP contribution in [0.25, 0.3) is 0 Å². The number of ether oxygens (including phenoxy) is 1. The van der Waals surface area contributed by atoms with Crippen molar-refractivity contribution in [2.24, 2.45) is 0 Å². The molecule has 1 aliphatic heterocycles. The van der Waals surface area contributed by atoms with E-state index in [1.807, 2.05) is 0 Å². The lowest BCUT2D eigenvalue weighted by atomic mass is 10.2. The highest BCUT2D eigenvalue weighted by Gasteiger charge is 2.30. The molecule has 2 heteroatoms. The van der Waals surface area contributed by atoms with Crippen LogP contribution in [0.2, 0.25) is 0 Å². The van der Waals surface area contributed by atoms with Gasteiger partial charge < -0.3 is 4.74 Å². The van der Waals surface area contributed by atoms with Gasteiger partial charge in [0.25, 0.3) is 0 Å². The lowest BCUT2D eigenvalue weighted by molar-refractivity contribution is 0.0777. The maximum absolute atomic E-state index is 5.98. The Balaban J connectivity index is 2.40. The number of halogens is 1. The summed E-state index contributed by atoms with van der Waals surface area (Å²) < 4.78 is 5.28. The maximum Gasteiger partial charge on any atom is 0.145 e. The van der Waals surface area contributed by atoms with E-state index in [1.54, 1.807) is 6.08 Å². The summed E-state index contributed by atoms with van der Waals surface area (Å²) in [6, 6.07) is 0. The molecular formula is C7H11ClO. The fourth-order valence-corrected chi connectivity index (χ4v) is 1.36. The van der Waals surface area contributed by atoms with Crippen LogP contribution in [0.5, 0.6) is 0 Å². The third kappa shape index (κ3) is 1.70. The third-order valence-corrected chi connectivity index (χ3v) is 1.96. The van der Waals surface area contributed by atoms with Crippen LogP contribution >= 0.6 is 11.6 Å². The van der Waals surface area contributed by atoms with Crippen molar-refractivity contribution < 1.29 is 4.74 Å². The highest BCUT2D eigenvalue weighted by molar-refractivity contribution is 6.23. The average molecular weight is 147 g/mol. The van der Waals surface area contributed by atoms with Gasteiger partial charge in [-0.15, -0.1) is 6.58 Å². The minimum absolute atomic E-state index is 0.401. The number of alkyl halides is 1. The summed E-state index contributed by atoms with van der Waals surface area (Å²) in [6.45, 7) is 4.41. The normalized spacial score (nSPS) is 34.8. The standard InChI is InChI=1S/C7H11ClO/c1-2-4-7(8)5-3-6-9-7/h2H,1,3-6H2. The van der Waals surface area contributed by atoms with E-state index in [-0.39, 0.29) is 0 Å². The molecule has 1 unspecified atom stereocenters. The van der Waals surface area contributed by atoms with Gasteiger partial charge in [0.1, 0.15) is 5.06 Å². The molecule has 0 spiro atoms. The zero-order valence-corrected chi connectivity index (χ0v) is 6.16. The van der Waals surface area contributed by atoms with Gasteiger partial charge >= 0.3 is 0 Å². The Hall–Kier alpha value is -0.0100. The molecule has 0 N–H and O–H groups in total. The van der Waals surface area contributed by atoms with Gasteiger partial charge in [-0.2, -0.15) is 0 Å². The predicted octanol–water partition coefficient (Wildman–Crippen LogP) is 2.31. The van der Waals surface area contributed by atoms with Crippen LogP contribution in [0, 0.1) is 0 Å². The first-order chi connectivity index (χ1) is 4.27. The molecule has 1 heterocycles. The molecule has 52 valence electrons. The summed E-state index contributed by atoms with van der Waals surface area (Å²) in [5.74, 6) is 0. The second-order valence-corrected chi connectivity index (χ2v) is 3.02. The Morgan fingerprint density at radius 2 is 2.56 bits per heavy atom. The van der Waals surface area contributed by atoms with Crippen LogP contribution in [0.4, 0.5) is 0 Å². The first-order valence-corrected chi connectivity index (χ1v) is 3.58. The summed E-state index contributed by atoms with van der Waals surface area (Å²) in [5, 5.41) is -0.401. The molecule has 0 amide bonds. The van der Waals surface area contributed by atoms with E-state index in [4.69, 9.17) is 16.3 Å². The molecule has 0 radical (unpaired) electrons. The van der Waals surface area contributed by atoms with E-state index in [1.165, 1.54) is 0 Å². The minimum Gasteiger partial charge on any atom is -0.359 e. The Morgan fingerprint density at radius 1 is 1.78 bits per heavy atom. The van der Waals surface area contributed by atoms with Gasteiger partial charge in [-0.05, 0) is 12.8 Å². The Kier molecular flexibility index (Phi) is 2.14. The first-order valence-electron chi connectivity index (χ1n) is 3.21. The molecule has 1 fully saturated rings. The molecule has 0 aromatic carbocycles. The highest BCUT2D eigenvalue weighted by Crippen LogP contribution is 2.32. The van der Waals surface area contributed by atoms with Crippen LogP contribution in [-0.4, -0.2) is 11.7 Å². The topological polar surface area (TPSA) is 9.23 Å². The molecule has 0 saturated carbocycles. The van der Waals surface area contributed by atoms with Crippen LogP contribution in [0.15, 0.2) is 12.7 Å². The first kappa shape index (κ1) is 7.10. The lowest BCUT2D eigenvalue weighted by Gasteiger charge is -2.17. The molecule has 0 aromatic heterocycles. The van der Waals surface area contributed by atoms with Crippen LogP contribution in [0.3, 0.4) is 0 Å². The quantitative estimate of drug-likeness (QED) is 0.429. The molecular weight excluding hydrogens is 136 g/mol. The summed E-state index contributed by atoms with van der Waals surface area (Å²) in [7, 11) is 0. The molecule has 1 nitrogen and oxygen atoms in total. The van der Waals surface area contributed by atoms with Gasteiger partial charge in [0.2, 0.25) is 0 Å². The van der Waals surface area contributed by atoms with E-state index < -0.39 is 5.06 Å². The summed E-state index contributed by atoms with van der Waals surface area (Å²) in [4.78, 5) is 0. The Labute approximate surface area is 60.7 Å². The van der Waals surface area contributed by atoms with Crippen molar-refractivity contribution in [3.8, 4) is 0 Å². The Morgan fingerprint density at radius 3 is 3.00 bits per heavy atom. The predicted molar refractivity (Wildman–Crippen MR) is 38.6 cm³/mol. The van der Waals surface area contributed by atoms with Crippen molar-refractivity contribution in [1.29, 1.82) is 0 Å². The van der Waals surface area contributed by atoms with Crippen molar-refractivity contribution in [3.05, 3.63) is 12.7 Å². The Bertz CT molecular complexity index is 105. The van der Waals surface area contributed by atoms with Crippen LogP contribution < -0.4 is 0 Å². The fraction of sp³-hybridized carbons (Fsp3) is 0.714. The van der Waals surface area contributed by atoms with E-state index in [9.17, 15) is 0 Å². The largest absolute Gasteiger partial charge is 0.359 e. The molecule has 9 heavy (non-hydrogen) atoms. The van der Waals surface area contributed by atoms with Gasteiger partial charge in [0, 0.05) is 13.0 Å². The average Bonchev–Trinajstić information content (AvgIpc) is 2.16. The molecule has 1 aliphatic rings. The number of hydrogen-bond donors (Lipinski definition) is 0. The summed E-state index contributed by atoms with van der Waals surface area (Å²) >= 11 is 5.98. The van der Waals surface area contributed by atoms with Gasteiger partial charge in [0.05, 0.1) is 0 Å². The van der Waals surface area contributed by atoms with Crippen molar-refractivity contribution in [1.82, 2.24) is 0 Å². The van der Waals surface area contributed by atoms with E-state index >= 15 is 0 Å². The van der Waals surface area contributed by atoms with Crippen molar-refractivity contribution in [2.45, 2.75) is 24.3 Å². The van der Waals surface area contributed by atoms with Gasteiger partial charge in [-0.3, -0.25) is 0 Å².